The zero-order valence-corrected chi connectivity index (χ0v) is 12.9. The van der Waals surface area contributed by atoms with Gasteiger partial charge >= 0.3 is 6.03 Å². The maximum atomic E-state index is 12.5. The van der Waals surface area contributed by atoms with Gasteiger partial charge in [-0.3, -0.25) is 0 Å². The topological polar surface area (TPSA) is 54.7 Å². The Morgan fingerprint density at radius 2 is 2.24 bits per heavy atom. The predicted octanol–water partition coefficient (Wildman–Crippen LogP) is 3.56. The molecule has 5 nitrogen and oxygen atoms in total. The highest BCUT2D eigenvalue weighted by molar-refractivity contribution is 7.08. The van der Waals surface area contributed by atoms with E-state index in [-0.39, 0.29) is 12.1 Å². The first kappa shape index (κ1) is 14.2. The van der Waals surface area contributed by atoms with Gasteiger partial charge in [0.1, 0.15) is 17.6 Å². The Labute approximate surface area is 127 Å². The van der Waals surface area contributed by atoms with Crippen LogP contribution in [0.4, 0.5) is 10.5 Å². The number of furan rings is 1. The van der Waals surface area contributed by atoms with Crippen LogP contribution in [0.1, 0.15) is 23.1 Å². The van der Waals surface area contributed by atoms with Crippen LogP contribution in [0.15, 0.2) is 27.3 Å². The van der Waals surface area contributed by atoms with Gasteiger partial charge in [-0.05, 0) is 36.9 Å². The largest absolute Gasteiger partial charge is 0.464 e. The third-order valence-corrected chi connectivity index (χ3v) is 4.44. The summed E-state index contributed by atoms with van der Waals surface area (Å²) in [7, 11) is 0. The van der Waals surface area contributed by atoms with Crippen LogP contribution in [-0.4, -0.2) is 30.7 Å². The van der Waals surface area contributed by atoms with Crippen molar-refractivity contribution in [1.82, 2.24) is 4.90 Å². The summed E-state index contributed by atoms with van der Waals surface area (Å²) in [4.78, 5) is 14.3. The molecule has 2 aromatic heterocycles. The van der Waals surface area contributed by atoms with Crippen LogP contribution in [0, 0.1) is 13.8 Å². The second kappa shape index (κ2) is 5.91. The highest BCUT2D eigenvalue weighted by Gasteiger charge is 2.31. The molecule has 1 N–H and O–H groups in total. The fourth-order valence-corrected chi connectivity index (χ4v) is 3.17. The number of anilines is 1. The molecular formula is C15H18N2O3S. The molecule has 0 aromatic carbocycles. The number of urea groups is 1. The molecule has 1 atom stereocenters. The van der Waals surface area contributed by atoms with Gasteiger partial charge in [0, 0.05) is 11.9 Å². The molecule has 0 spiro atoms. The van der Waals surface area contributed by atoms with Gasteiger partial charge < -0.3 is 19.4 Å². The molecule has 3 rings (SSSR count). The van der Waals surface area contributed by atoms with E-state index >= 15 is 0 Å². The lowest BCUT2D eigenvalue weighted by Crippen LogP contribution is -2.45. The van der Waals surface area contributed by atoms with Gasteiger partial charge in [-0.2, -0.15) is 0 Å². The third-order valence-electron chi connectivity index (χ3n) is 3.58. The van der Waals surface area contributed by atoms with Crippen molar-refractivity contribution >= 4 is 23.1 Å². The Morgan fingerprint density at radius 1 is 1.38 bits per heavy atom. The van der Waals surface area contributed by atoms with E-state index in [0.717, 1.165) is 22.8 Å². The molecule has 1 unspecified atom stereocenters. The monoisotopic (exact) mass is 306 g/mol. The highest BCUT2D eigenvalue weighted by Crippen LogP contribution is 2.27. The Balaban J connectivity index is 1.77. The molecule has 6 heteroatoms. The second-order valence-electron chi connectivity index (χ2n) is 5.13. The van der Waals surface area contributed by atoms with Crippen molar-refractivity contribution in [3.8, 4) is 0 Å². The Kier molecular flexibility index (Phi) is 3.98. The van der Waals surface area contributed by atoms with Crippen molar-refractivity contribution in [2.75, 3.05) is 25.1 Å². The van der Waals surface area contributed by atoms with E-state index in [1.807, 2.05) is 36.7 Å². The zero-order valence-electron chi connectivity index (χ0n) is 12.1. The van der Waals surface area contributed by atoms with E-state index in [2.05, 4.69) is 5.32 Å². The van der Waals surface area contributed by atoms with E-state index in [4.69, 9.17) is 9.15 Å². The van der Waals surface area contributed by atoms with E-state index in [1.165, 1.54) is 0 Å². The van der Waals surface area contributed by atoms with E-state index in [9.17, 15) is 4.79 Å². The molecule has 0 aliphatic carbocycles. The molecule has 2 aromatic rings. The third kappa shape index (κ3) is 2.96. The number of amides is 2. The first-order valence-electron chi connectivity index (χ1n) is 6.89. The number of nitrogens with zero attached hydrogens (tertiary/aromatic N) is 1. The van der Waals surface area contributed by atoms with E-state index < -0.39 is 0 Å². The fourth-order valence-electron chi connectivity index (χ4n) is 2.39. The number of thiophene rings is 1. The van der Waals surface area contributed by atoms with Crippen LogP contribution in [-0.2, 0) is 4.74 Å². The van der Waals surface area contributed by atoms with Crippen LogP contribution >= 0.6 is 11.3 Å². The van der Waals surface area contributed by atoms with Crippen molar-refractivity contribution in [3.63, 3.8) is 0 Å². The van der Waals surface area contributed by atoms with Crippen LogP contribution in [0.5, 0.6) is 0 Å². The number of morpholine rings is 1. The lowest BCUT2D eigenvalue weighted by Gasteiger charge is -2.34. The number of carbonyl (C=O) groups excluding carboxylic acids is 1. The van der Waals surface area contributed by atoms with Gasteiger partial charge in [0.2, 0.25) is 0 Å². The van der Waals surface area contributed by atoms with Crippen LogP contribution in [0.3, 0.4) is 0 Å². The normalized spacial score (nSPS) is 18.8. The second-order valence-corrected chi connectivity index (χ2v) is 5.87. The van der Waals surface area contributed by atoms with Crippen molar-refractivity contribution in [2.45, 2.75) is 19.9 Å². The lowest BCUT2D eigenvalue weighted by atomic mass is 10.2. The number of carbonyl (C=O) groups is 1. The summed E-state index contributed by atoms with van der Waals surface area (Å²) >= 11 is 1.58. The quantitative estimate of drug-likeness (QED) is 0.923. The van der Waals surface area contributed by atoms with Crippen LogP contribution in [0.25, 0.3) is 0 Å². The van der Waals surface area contributed by atoms with Gasteiger partial charge in [0.05, 0.1) is 18.9 Å². The molecule has 1 fully saturated rings. The highest BCUT2D eigenvalue weighted by atomic mass is 32.1. The van der Waals surface area contributed by atoms with Gasteiger partial charge in [-0.1, -0.05) is 0 Å². The average molecular weight is 306 g/mol. The molecule has 112 valence electrons. The number of hydrogen-bond acceptors (Lipinski definition) is 4. The fraction of sp³-hybridized carbons (Fsp3) is 0.400. The minimum atomic E-state index is -0.175. The predicted molar refractivity (Wildman–Crippen MR) is 81.8 cm³/mol. The first-order chi connectivity index (χ1) is 10.1. The molecule has 1 aliphatic rings. The van der Waals surface area contributed by atoms with Crippen molar-refractivity contribution < 1.29 is 13.9 Å². The summed E-state index contributed by atoms with van der Waals surface area (Å²) in [5.41, 5.74) is 1.94. The summed E-state index contributed by atoms with van der Waals surface area (Å²) in [6.45, 7) is 5.44. The molecule has 0 radical (unpaired) electrons. The molecular weight excluding hydrogens is 288 g/mol. The molecule has 2 amide bonds. The Hall–Kier alpha value is -1.79. The van der Waals surface area contributed by atoms with Gasteiger partial charge in [0.25, 0.3) is 0 Å². The Bertz CT molecular complexity index is 634. The minimum absolute atomic E-state index is 0.112. The van der Waals surface area contributed by atoms with E-state index in [0.29, 0.717) is 19.8 Å². The maximum Gasteiger partial charge on any atom is 0.322 e. The van der Waals surface area contributed by atoms with Gasteiger partial charge in [-0.25, -0.2) is 4.79 Å². The molecule has 3 heterocycles. The molecule has 1 aliphatic heterocycles. The minimum Gasteiger partial charge on any atom is -0.464 e. The van der Waals surface area contributed by atoms with Gasteiger partial charge in [-0.15, -0.1) is 11.3 Å². The smallest absolute Gasteiger partial charge is 0.322 e. The first-order valence-corrected chi connectivity index (χ1v) is 7.84. The lowest BCUT2D eigenvalue weighted by molar-refractivity contribution is 0.00710. The average Bonchev–Trinajstić information content (AvgIpc) is 3.08. The number of aryl methyl sites for hydroxylation is 2. The summed E-state index contributed by atoms with van der Waals surface area (Å²) in [6, 6.07) is 3.53. The van der Waals surface area contributed by atoms with Crippen molar-refractivity contribution in [3.05, 3.63) is 40.0 Å². The summed E-state index contributed by atoms with van der Waals surface area (Å²) in [5.74, 6) is 1.61. The zero-order chi connectivity index (χ0) is 14.8. The van der Waals surface area contributed by atoms with Gasteiger partial charge in [0.15, 0.2) is 0 Å². The number of rotatable bonds is 2. The van der Waals surface area contributed by atoms with Crippen molar-refractivity contribution in [1.29, 1.82) is 0 Å². The van der Waals surface area contributed by atoms with E-state index in [1.54, 1.807) is 16.2 Å². The SMILES string of the molecule is Cc1ccc(C2COCCN2C(=O)Nc2cscc2C)o1. The summed E-state index contributed by atoms with van der Waals surface area (Å²) in [5, 5.41) is 6.93. The Morgan fingerprint density at radius 3 is 2.90 bits per heavy atom. The van der Waals surface area contributed by atoms with Crippen molar-refractivity contribution in [2.24, 2.45) is 0 Å². The number of hydrogen-bond donors (Lipinski definition) is 1. The molecule has 21 heavy (non-hydrogen) atoms. The number of ether oxygens (including phenoxy) is 1. The molecule has 1 saturated heterocycles. The molecule has 0 bridgehead atoms. The van der Waals surface area contributed by atoms with Crippen LogP contribution in [0.2, 0.25) is 0 Å². The summed E-state index contributed by atoms with van der Waals surface area (Å²) < 4.78 is 11.2. The maximum absolute atomic E-state index is 12.5. The molecule has 0 saturated carbocycles. The van der Waals surface area contributed by atoms with Crippen LogP contribution < -0.4 is 5.32 Å². The summed E-state index contributed by atoms with van der Waals surface area (Å²) in [6.07, 6.45) is 0. The standard InChI is InChI=1S/C15H18N2O3S/c1-10-8-21-9-12(10)16-15(18)17-5-6-19-7-13(17)14-4-3-11(2)20-14/h3-4,8-9,13H,5-7H2,1-2H3,(H,16,18). The number of nitrogens with one attached hydrogen (secondary N) is 1.